The molecule has 4 heterocycles. The Hall–Kier alpha value is -2.71. The minimum absolute atomic E-state index is 0.0752. The van der Waals surface area contributed by atoms with Crippen LogP contribution < -0.4 is 0 Å². The molecular weight excluding hydrogens is 312 g/mol. The molecule has 0 aromatic carbocycles. The summed E-state index contributed by atoms with van der Waals surface area (Å²) in [6.07, 6.45) is 3.10. The zero-order valence-corrected chi connectivity index (χ0v) is 13.4. The number of carbonyl (C=O) groups is 2. The lowest BCUT2D eigenvalue weighted by molar-refractivity contribution is -0.138. The minimum Gasteiger partial charge on any atom is -0.464 e. The molecule has 0 spiro atoms. The average molecular weight is 330 g/mol. The predicted octanol–water partition coefficient (Wildman–Crippen LogP) is -0.134. The van der Waals surface area contributed by atoms with Crippen LogP contribution in [-0.2, 0) is 35.6 Å². The number of carbonyl (C=O) groups excluding carboxylic acids is 2. The largest absolute Gasteiger partial charge is 0.464 e. The molecule has 1 unspecified atom stereocenters. The molecule has 2 aliphatic rings. The van der Waals surface area contributed by atoms with Crippen LogP contribution >= 0.6 is 0 Å². The SMILES string of the molecule is COC(=O)c1cc2n(n1)CCN(C(=O)C1CCc3ncnn3C1)C2. The summed E-state index contributed by atoms with van der Waals surface area (Å²) < 4.78 is 8.28. The highest BCUT2D eigenvalue weighted by Gasteiger charge is 2.31. The molecule has 0 saturated carbocycles. The fourth-order valence-corrected chi connectivity index (χ4v) is 3.36. The van der Waals surface area contributed by atoms with E-state index in [2.05, 4.69) is 15.2 Å². The van der Waals surface area contributed by atoms with Crippen molar-refractivity contribution in [1.29, 1.82) is 0 Å². The molecule has 0 saturated heterocycles. The lowest BCUT2D eigenvalue weighted by Crippen LogP contribution is -2.43. The van der Waals surface area contributed by atoms with Gasteiger partial charge in [0.05, 0.1) is 38.4 Å². The first-order chi connectivity index (χ1) is 11.7. The summed E-state index contributed by atoms with van der Waals surface area (Å²) >= 11 is 0. The Morgan fingerprint density at radius 2 is 2.17 bits per heavy atom. The normalized spacial score (nSPS) is 19.5. The van der Waals surface area contributed by atoms with Crippen molar-refractivity contribution < 1.29 is 14.3 Å². The van der Waals surface area contributed by atoms with Gasteiger partial charge in [-0.15, -0.1) is 0 Å². The van der Waals surface area contributed by atoms with Crippen molar-refractivity contribution >= 4 is 11.9 Å². The second-order valence-electron chi connectivity index (χ2n) is 6.09. The number of fused-ring (bicyclic) bond motifs is 2. The Labute approximate surface area is 138 Å². The highest BCUT2D eigenvalue weighted by molar-refractivity contribution is 5.87. The Bertz CT molecular complexity index is 795. The fraction of sp³-hybridized carbons (Fsp3) is 0.533. The zero-order valence-electron chi connectivity index (χ0n) is 13.4. The second kappa shape index (κ2) is 5.73. The molecule has 0 bridgehead atoms. The number of hydrogen-bond donors (Lipinski definition) is 0. The van der Waals surface area contributed by atoms with E-state index in [-0.39, 0.29) is 17.5 Å². The van der Waals surface area contributed by atoms with Crippen molar-refractivity contribution in [2.24, 2.45) is 5.92 Å². The first kappa shape index (κ1) is 14.9. The van der Waals surface area contributed by atoms with E-state index in [0.717, 1.165) is 24.4 Å². The van der Waals surface area contributed by atoms with Gasteiger partial charge in [0.15, 0.2) is 5.69 Å². The number of ether oxygens (including phenoxy) is 1. The van der Waals surface area contributed by atoms with Gasteiger partial charge in [-0.1, -0.05) is 0 Å². The standard InChI is InChI=1S/C15H18N6O3/c1-24-15(23)12-6-11-8-19(4-5-20(11)18-12)14(22)10-2-3-13-16-9-17-21(13)7-10/h6,9-10H,2-5,7-8H2,1H3. The summed E-state index contributed by atoms with van der Waals surface area (Å²) in [5, 5.41) is 8.40. The van der Waals surface area contributed by atoms with Gasteiger partial charge in [-0.2, -0.15) is 10.2 Å². The van der Waals surface area contributed by atoms with Crippen molar-refractivity contribution in [2.75, 3.05) is 13.7 Å². The molecule has 4 rings (SSSR count). The van der Waals surface area contributed by atoms with E-state index in [4.69, 9.17) is 4.74 Å². The van der Waals surface area contributed by atoms with E-state index < -0.39 is 5.97 Å². The van der Waals surface area contributed by atoms with Crippen LogP contribution in [0.5, 0.6) is 0 Å². The molecule has 9 heteroatoms. The molecule has 0 radical (unpaired) electrons. The van der Waals surface area contributed by atoms with Gasteiger partial charge in [-0.25, -0.2) is 14.5 Å². The Morgan fingerprint density at radius 1 is 1.29 bits per heavy atom. The highest BCUT2D eigenvalue weighted by atomic mass is 16.5. The summed E-state index contributed by atoms with van der Waals surface area (Å²) in [6.45, 7) is 2.22. The summed E-state index contributed by atoms with van der Waals surface area (Å²) in [4.78, 5) is 30.5. The lowest BCUT2D eigenvalue weighted by atomic mass is 9.98. The van der Waals surface area contributed by atoms with E-state index in [0.29, 0.717) is 26.2 Å². The molecular formula is C15H18N6O3. The molecule has 9 nitrogen and oxygen atoms in total. The Kier molecular flexibility index (Phi) is 3.55. The predicted molar refractivity (Wildman–Crippen MR) is 80.8 cm³/mol. The van der Waals surface area contributed by atoms with Gasteiger partial charge in [0.1, 0.15) is 12.2 Å². The molecule has 2 aromatic rings. The van der Waals surface area contributed by atoms with E-state index in [9.17, 15) is 9.59 Å². The van der Waals surface area contributed by atoms with Crippen molar-refractivity contribution in [1.82, 2.24) is 29.4 Å². The van der Waals surface area contributed by atoms with Gasteiger partial charge in [0.25, 0.3) is 0 Å². The number of nitrogens with zero attached hydrogens (tertiary/aromatic N) is 6. The van der Waals surface area contributed by atoms with Crippen LogP contribution in [0.25, 0.3) is 0 Å². The van der Waals surface area contributed by atoms with Gasteiger partial charge in [-0.05, 0) is 12.5 Å². The van der Waals surface area contributed by atoms with Crippen molar-refractivity contribution in [3.05, 3.63) is 29.6 Å². The molecule has 0 N–H and O–H groups in total. The lowest BCUT2D eigenvalue weighted by Gasteiger charge is -2.32. The van der Waals surface area contributed by atoms with E-state index >= 15 is 0 Å². The first-order valence-corrected chi connectivity index (χ1v) is 7.96. The molecule has 1 amide bonds. The monoisotopic (exact) mass is 330 g/mol. The topological polar surface area (TPSA) is 95.1 Å². The van der Waals surface area contributed by atoms with Gasteiger partial charge >= 0.3 is 5.97 Å². The average Bonchev–Trinajstić information content (AvgIpc) is 3.25. The molecule has 1 atom stereocenters. The molecule has 126 valence electrons. The Balaban J connectivity index is 1.47. The first-order valence-electron chi connectivity index (χ1n) is 7.96. The third-order valence-electron chi connectivity index (χ3n) is 4.66. The van der Waals surface area contributed by atoms with Crippen LogP contribution in [0.2, 0.25) is 0 Å². The van der Waals surface area contributed by atoms with Crippen molar-refractivity contribution in [3.8, 4) is 0 Å². The van der Waals surface area contributed by atoms with Crippen LogP contribution in [0.3, 0.4) is 0 Å². The van der Waals surface area contributed by atoms with Crippen LogP contribution in [-0.4, -0.2) is 55.0 Å². The third-order valence-corrected chi connectivity index (χ3v) is 4.66. The molecule has 2 aliphatic heterocycles. The number of hydrogen-bond acceptors (Lipinski definition) is 6. The van der Waals surface area contributed by atoms with E-state index in [1.54, 1.807) is 10.7 Å². The number of methoxy groups -OCH3 is 1. The maximum Gasteiger partial charge on any atom is 0.358 e. The Morgan fingerprint density at radius 3 is 3.00 bits per heavy atom. The van der Waals surface area contributed by atoms with Gasteiger partial charge in [0.2, 0.25) is 5.91 Å². The minimum atomic E-state index is -0.458. The van der Waals surface area contributed by atoms with Crippen molar-refractivity contribution in [3.63, 3.8) is 0 Å². The summed E-state index contributed by atoms with van der Waals surface area (Å²) in [6, 6.07) is 1.70. The molecule has 0 aliphatic carbocycles. The van der Waals surface area contributed by atoms with E-state index in [1.165, 1.54) is 13.4 Å². The number of esters is 1. The fourth-order valence-electron chi connectivity index (χ4n) is 3.36. The molecule has 24 heavy (non-hydrogen) atoms. The summed E-state index contributed by atoms with van der Waals surface area (Å²) in [5.41, 5.74) is 1.14. The quantitative estimate of drug-likeness (QED) is 0.712. The van der Waals surface area contributed by atoms with Gasteiger partial charge in [-0.3, -0.25) is 9.48 Å². The van der Waals surface area contributed by atoms with Crippen LogP contribution in [0.1, 0.15) is 28.4 Å². The number of aryl methyl sites for hydroxylation is 1. The van der Waals surface area contributed by atoms with E-state index in [1.807, 2.05) is 9.58 Å². The smallest absolute Gasteiger partial charge is 0.358 e. The highest BCUT2D eigenvalue weighted by Crippen LogP contribution is 2.22. The maximum absolute atomic E-state index is 12.8. The summed E-state index contributed by atoms with van der Waals surface area (Å²) in [7, 11) is 1.33. The van der Waals surface area contributed by atoms with Gasteiger partial charge < -0.3 is 9.64 Å². The number of amides is 1. The molecule has 2 aromatic heterocycles. The second-order valence-corrected chi connectivity index (χ2v) is 6.09. The maximum atomic E-state index is 12.8. The van der Waals surface area contributed by atoms with Crippen LogP contribution in [0.15, 0.2) is 12.4 Å². The third kappa shape index (κ3) is 2.45. The zero-order chi connectivity index (χ0) is 16.7. The van der Waals surface area contributed by atoms with Crippen LogP contribution in [0.4, 0.5) is 0 Å². The van der Waals surface area contributed by atoms with Gasteiger partial charge in [0, 0.05) is 13.0 Å². The number of rotatable bonds is 2. The number of aromatic nitrogens is 5. The van der Waals surface area contributed by atoms with Crippen LogP contribution in [0, 0.1) is 5.92 Å². The van der Waals surface area contributed by atoms with Crippen molar-refractivity contribution in [2.45, 2.75) is 32.5 Å². The summed E-state index contributed by atoms with van der Waals surface area (Å²) in [5.74, 6) is 0.538. The molecule has 0 fully saturated rings.